The topological polar surface area (TPSA) is 111 Å². The number of nitrogens with zero attached hydrogens (tertiary/aromatic N) is 2. The monoisotopic (exact) mass is 489 g/mol. The second-order valence-electron chi connectivity index (χ2n) is 5.87. The van der Waals surface area contributed by atoms with Gasteiger partial charge in [0, 0.05) is 17.1 Å². The largest absolute Gasteiger partial charge is 0.456 e. The Bertz CT molecular complexity index is 1130. The van der Waals surface area contributed by atoms with Crippen LogP contribution in [-0.2, 0) is 26.2 Å². The predicted molar refractivity (Wildman–Crippen MR) is 111 cm³/mol. The van der Waals surface area contributed by atoms with Gasteiger partial charge in [0.05, 0.1) is 16.5 Å². The lowest BCUT2D eigenvalue weighted by molar-refractivity contribution is -0.145. The molecule has 0 spiro atoms. The van der Waals surface area contributed by atoms with Crippen molar-refractivity contribution in [3.63, 3.8) is 0 Å². The standard InChI is InChI=1S/C18H14Cl3N3O5S/c19-12-6-4-11(5-7-12)18-24-23-15(29-18)10-28-16(25)8-9-22-30(26,27)17-13(20)2-1-3-14(17)21/h1-7,22H,8-10H2. The maximum Gasteiger partial charge on any atom is 0.307 e. The van der Waals surface area contributed by atoms with Gasteiger partial charge in [-0.05, 0) is 36.4 Å². The third-order valence-electron chi connectivity index (χ3n) is 3.72. The van der Waals surface area contributed by atoms with E-state index < -0.39 is 16.0 Å². The van der Waals surface area contributed by atoms with Gasteiger partial charge in [-0.1, -0.05) is 40.9 Å². The second kappa shape index (κ2) is 9.76. The lowest BCUT2D eigenvalue weighted by Gasteiger charge is -2.09. The number of esters is 1. The number of halogens is 3. The van der Waals surface area contributed by atoms with Gasteiger partial charge in [0.15, 0.2) is 6.61 Å². The number of nitrogens with one attached hydrogen (secondary N) is 1. The van der Waals surface area contributed by atoms with Crippen LogP contribution in [0.3, 0.4) is 0 Å². The molecule has 2 aromatic carbocycles. The van der Waals surface area contributed by atoms with Crippen LogP contribution in [0.1, 0.15) is 12.3 Å². The summed E-state index contributed by atoms with van der Waals surface area (Å²) in [6, 6.07) is 11.1. The summed E-state index contributed by atoms with van der Waals surface area (Å²) in [6.07, 6.45) is -0.223. The number of hydrogen-bond acceptors (Lipinski definition) is 7. The molecule has 0 radical (unpaired) electrons. The van der Waals surface area contributed by atoms with Crippen LogP contribution in [-0.4, -0.2) is 31.1 Å². The molecule has 0 saturated heterocycles. The first-order valence-electron chi connectivity index (χ1n) is 8.44. The SMILES string of the molecule is O=C(CCNS(=O)(=O)c1c(Cl)cccc1Cl)OCc1nnc(-c2ccc(Cl)cc2)o1. The fourth-order valence-electron chi connectivity index (χ4n) is 2.33. The van der Waals surface area contributed by atoms with Crippen molar-refractivity contribution in [3.05, 3.63) is 63.4 Å². The summed E-state index contributed by atoms with van der Waals surface area (Å²) < 4.78 is 37.3. The number of aromatic nitrogens is 2. The fraction of sp³-hybridized carbons (Fsp3) is 0.167. The van der Waals surface area contributed by atoms with E-state index in [4.69, 9.17) is 44.0 Å². The van der Waals surface area contributed by atoms with Gasteiger partial charge in [0.2, 0.25) is 15.9 Å². The van der Waals surface area contributed by atoms with Crippen molar-refractivity contribution >= 4 is 50.8 Å². The van der Waals surface area contributed by atoms with Gasteiger partial charge in [-0.3, -0.25) is 4.79 Å². The quantitative estimate of drug-likeness (QED) is 0.473. The number of hydrogen-bond donors (Lipinski definition) is 1. The van der Waals surface area contributed by atoms with Gasteiger partial charge in [-0.25, -0.2) is 13.1 Å². The molecule has 1 N–H and O–H groups in total. The molecule has 0 amide bonds. The molecule has 1 heterocycles. The number of ether oxygens (including phenoxy) is 1. The Morgan fingerprint density at radius 3 is 2.37 bits per heavy atom. The molecule has 0 fully saturated rings. The highest BCUT2D eigenvalue weighted by atomic mass is 35.5. The molecular formula is C18H14Cl3N3O5S. The molecule has 12 heteroatoms. The van der Waals surface area contributed by atoms with Crippen LogP contribution in [0.5, 0.6) is 0 Å². The molecule has 1 aromatic heterocycles. The highest BCUT2D eigenvalue weighted by Gasteiger charge is 2.21. The third-order valence-corrected chi connectivity index (χ3v) is 6.39. The number of benzene rings is 2. The average molecular weight is 491 g/mol. The molecule has 0 unspecified atom stereocenters. The molecule has 30 heavy (non-hydrogen) atoms. The average Bonchev–Trinajstić information content (AvgIpc) is 3.15. The van der Waals surface area contributed by atoms with Gasteiger partial charge in [-0.15, -0.1) is 10.2 Å². The summed E-state index contributed by atoms with van der Waals surface area (Å²) in [4.78, 5) is 11.6. The van der Waals surface area contributed by atoms with Gasteiger partial charge < -0.3 is 9.15 Å². The van der Waals surface area contributed by atoms with Crippen LogP contribution >= 0.6 is 34.8 Å². The fourth-order valence-corrected chi connectivity index (χ4v) is 4.63. The molecule has 0 aliphatic rings. The zero-order chi connectivity index (χ0) is 21.7. The van der Waals surface area contributed by atoms with E-state index >= 15 is 0 Å². The third kappa shape index (κ3) is 5.71. The first-order chi connectivity index (χ1) is 14.3. The smallest absolute Gasteiger partial charge is 0.307 e. The van der Waals surface area contributed by atoms with E-state index in [1.165, 1.54) is 18.2 Å². The molecule has 3 rings (SSSR count). The number of sulfonamides is 1. The van der Waals surface area contributed by atoms with Crippen molar-refractivity contribution in [3.8, 4) is 11.5 Å². The van der Waals surface area contributed by atoms with E-state index in [2.05, 4.69) is 14.9 Å². The van der Waals surface area contributed by atoms with Crippen molar-refractivity contribution in [2.75, 3.05) is 6.54 Å². The van der Waals surface area contributed by atoms with Crippen molar-refractivity contribution in [2.45, 2.75) is 17.9 Å². The Labute approximate surface area is 187 Å². The van der Waals surface area contributed by atoms with Crippen LogP contribution in [0.2, 0.25) is 15.1 Å². The van der Waals surface area contributed by atoms with E-state index in [9.17, 15) is 13.2 Å². The van der Waals surface area contributed by atoms with Crippen LogP contribution in [0.25, 0.3) is 11.5 Å². The van der Waals surface area contributed by atoms with Gasteiger partial charge in [-0.2, -0.15) is 0 Å². The van der Waals surface area contributed by atoms with Crippen molar-refractivity contribution < 1.29 is 22.4 Å². The highest BCUT2D eigenvalue weighted by Crippen LogP contribution is 2.28. The van der Waals surface area contributed by atoms with Gasteiger partial charge >= 0.3 is 5.97 Å². The van der Waals surface area contributed by atoms with Gasteiger partial charge in [0.1, 0.15) is 4.90 Å². The summed E-state index contributed by atoms with van der Waals surface area (Å²) in [6.45, 7) is -0.453. The minimum Gasteiger partial charge on any atom is -0.456 e. The minimum atomic E-state index is -3.99. The highest BCUT2D eigenvalue weighted by molar-refractivity contribution is 7.89. The normalized spacial score (nSPS) is 11.4. The number of carbonyl (C=O) groups is 1. The zero-order valence-electron chi connectivity index (χ0n) is 15.1. The van der Waals surface area contributed by atoms with Crippen LogP contribution in [0.4, 0.5) is 0 Å². The van der Waals surface area contributed by atoms with Crippen LogP contribution < -0.4 is 4.72 Å². The summed E-state index contributed by atoms with van der Waals surface area (Å²) in [5.74, 6) is -0.312. The molecule has 0 saturated carbocycles. The Morgan fingerprint density at radius 2 is 1.70 bits per heavy atom. The Hall–Kier alpha value is -2.17. The molecule has 0 aliphatic heterocycles. The first-order valence-corrected chi connectivity index (χ1v) is 11.1. The number of rotatable bonds is 8. The summed E-state index contributed by atoms with van der Waals surface area (Å²) in [5, 5.41) is 8.19. The first kappa shape index (κ1) is 22.5. The van der Waals surface area contributed by atoms with E-state index in [1.54, 1.807) is 24.3 Å². The maximum atomic E-state index is 12.3. The second-order valence-corrected chi connectivity index (χ2v) is 8.82. The number of carbonyl (C=O) groups excluding carboxylic acids is 1. The lowest BCUT2D eigenvalue weighted by Crippen LogP contribution is -2.27. The predicted octanol–water partition coefficient (Wildman–Crippen LogP) is 4.11. The molecule has 0 aliphatic carbocycles. The maximum absolute atomic E-state index is 12.3. The van der Waals surface area contributed by atoms with Crippen molar-refractivity contribution in [1.29, 1.82) is 0 Å². The zero-order valence-corrected chi connectivity index (χ0v) is 18.2. The molecular weight excluding hydrogens is 477 g/mol. The Morgan fingerprint density at radius 1 is 1.03 bits per heavy atom. The van der Waals surface area contributed by atoms with Crippen molar-refractivity contribution in [2.24, 2.45) is 0 Å². The summed E-state index contributed by atoms with van der Waals surface area (Å²) in [5.41, 5.74) is 0.664. The molecule has 8 nitrogen and oxygen atoms in total. The van der Waals surface area contributed by atoms with Gasteiger partial charge in [0.25, 0.3) is 5.89 Å². The minimum absolute atomic E-state index is 0.0227. The van der Waals surface area contributed by atoms with Crippen molar-refractivity contribution in [1.82, 2.24) is 14.9 Å². The summed E-state index contributed by atoms with van der Waals surface area (Å²) >= 11 is 17.6. The van der Waals surface area contributed by atoms with E-state index in [0.29, 0.717) is 10.6 Å². The Balaban J connectivity index is 1.49. The van der Waals surface area contributed by atoms with E-state index in [1.807, 2.05) is 0 Å². The summed E-state index contributed by atoms with van der Waals surface area (Å²) in [7, 11) is -3.99. The molecule has 3 aromatic rings. The lowest BCUT2D eigenvalue weighted by atomic mass is 10.2. The molecule has 0 bridgehead atoms. The van der Waals surface area contributed by atoms with Crippen LogP contribution in [0, 0.1) is 0 Å². The molecule has 158 valence electrons. The molecule has 0 atom stereocenters. The van der Waals surface area contributed by atoms with E-state index in [-0.39, 0.29) is 46.3 Å². The Kier molecular flexibility index (Phi) is 7.32. The van der Waals surface area contributed by atoms with Crippen LogP contribution in [0.15, 0.2) is 51.8 Å². The van der Waals surface area contributed by atoms with E-state index in [0.717, 1.165) is 0 Å².